The van der Waals surface area contributed by atoms with Gasteiger partial charge in [-0.2, -0.15) is 5.26 Å². The average Bonchev–Trinajstić information content (AvgIpc) is 2.98. The Morgan fingerprint density at radius 1 is 1.44 bits per heavy atom. The highest BCUT2D eigenvalue weighted by molar-refractivity contribution is 6.02. The van der Waals surface area contributed by atoms with Gasteiger partial charge in [0, 0.05) is 18.0 Å². The molecule has 0 fully saturated rings. The summed E-state index contributed by atoms with van der Waals surface area (Å²) in [6.07, 6.45) is 0. The summed E-state index contributed by atoms with van der Waals surface area (Å²) in [6, 6.07) is 7.90. The van der Waals surface area contributed by atoms with Crippen molar-refractivity contribution in [2.24, 2.45) is 12.0 Å². The van der Waals surface area contributed by atoms with Crippen LogP contribution in [0.3, 0.4) is 0 Å². The Hall–Kier alpha value is -2.28. The lowest BCUT2D eigenvalue weighted by Gasteiger charge is -2.05. The lowest BCUT2D eigenvalue weighted by Crippen LogP contribution is -2.08. The highest BCUT2D eigenvalue weighted by Gasteiger charge is 2.20. The second-order valence-electron chi connectivity index (χ2n) is 4.41. The molecule has 2 heterocycles. The predicted molar refractivity (Wildman–Crippen MR) is 69.7 cm³/mol. The van der Waals surface area contributed by atoms with Crippen LogP contribution >= 0.6 is 0 Å². The van der Waals surface area contributed by atoms with E-state index in [0.29, 0.717) is 18.1 Å². The van der Waals surface area contributed by atoms with E-state index in [0.717, 1.165) is 28.7 Å². The minimum absolute atomic E-state index is 0.653. The summed E-state index contributed by atoms with van der Waals surface area (Å²) in [5.41, 5.74) is 3.90. The predicted octanol–water partition coefficient (Wildman–Crippen LogP) is 2.14. The van der Waals surface area contributed by atoms with Gasteiger partial charge < -0.3 is 9.30 Å². The Labute approximate surface area is 105 Å². The van der Waals surface area contributed by atoms with Crippen molar-refractivity contribution in [2.75, 3.05) is 13.2 Å². The standard InChI is InChI=1S/C14H13N3O/c1-9-11-7-10(8-15)3-4-12(11)17(2)13(9)14-16-5-6-18-14/h3-4,7H,5-6H2,1-2H3. The largest absolute Gasteiger partial charge is 0.474 e. The van der Waals surface area contributed by atoms with Crippen LogP contribution in [0.1, 0.15) is 16.8 Å². The Bertz CT molecular complexity index is 704. The van der Waals surface area contributed by atoms with Crippen molar-refractivity contribution in [1.29, 1.82) is 5.26 Å². The molecule has 0 N–H and O–H groups in total. The number of fused-ring (bicyclic) bond motifs is 1. The van der Waals surface area contributed by atoms with E-state index in [-0.39, 0.29) is 0 Å². The molecule has 0 radical (unpaired) electrons. The highest BCUT2D eigenvalue weighted by Crippen LogP contribution is 2.27. The molecule has 1 aromatic heterocycles. The van der Waals surface area contributed by atoms with E-state index in [9.17, 15) is 0 Å². The third-order valence-electron chi connectivity index (χ3n) is 3.37. The molecule has 4 heteroatoms. The first kappa shape index (κ1) is 10.8. The van der Waals surface area contributed by atoms with Crippen LogP contribution in [0.25, 0.3) is 10.9 Å². The van der Waals surface area contributed by atoms with Crippen LogP contribution in [0.15, 0.2) is 23.2 Å². The normalized spacial score (nSPS) is 14.4. The van der Waals surface area contributed by atoms with E-state index >= 15 is 0 Å². The molecule has 1 aromatic carbocycles. The van der Waals surface area contributed by atoms with Gasteiger partial charge in [-0.3, -0.25) is 0 Å². The lowest BCUT2D eigenvalue weighted by molar-refractivity contribution is 0.346. The number of aliphatic imine (C=N–C) groups is 1. The zero-order valence-electron chi connectivity index (χ0n) is 10.4. The van der Waals surface area contributed by atoms with Crippen molar-refractivity contribution >= 4 is 16.8 Å². The maximum Gasteiger partial charge on any atom is 0.233 e. The summed E-state index contributed by atoms with van der Waals surface area (Å²) in [5.74, 6) is 0.713. The fourth-order valence-corrected chi connectivity index (χ4v) is 2.48. The zero-order valence-corrected chi connectivity index (χ0v) is 10.4. The number of aromatic nitrogens is 1. The van der Waals surface area contributed by atoms with Gasteiger partial charge in [0.25, 0.3) is 0 Å². The zero-order chi connectivity index (χ0) is 12.7. The molecule has 0 amide bonds. The molecule has 0 saturated heterocycles. The van der Waals surface area contributed by atoms with E-state index in [2.05, 4.69) is 15.6 Å². The molecule has 1 aliphatic rings. The van der Waals surface area contributed by atoms with E-state index < -0.39 is 0 Å². The topological polar surface area (TPSA) is 50.3 Å². The first-order valence-corrected chi connectivity index (χ1v) is 5.89. The number of nitriles is 1. The molecule has 2 aromatic rings. The highest BCUT2D eigenvalue weighted by atomic mass is 16.5. The first-order valence-electron chi connectivity index (χ1n) is 5.89. The van der Waals surface area contributed by atoms with Crippen LogP contribution in [0.4, 0.5) is 0 Å². The SMILES string of the molecule is Cc1c(C2=NCCO2)n(C)c2ccc(C#N)cc12. The van der Waals surface area contributed by atoms with Crippen LogP contribution in [0, 0.1) is 18.3 Å². The number of aryl methyl sites for hydroxylation is 2. The van der Waals surface area contributed by atoms with Gasteiger partial charge in [-0.1, -0.05) is 0 Å². The van der Waals surface area contributed by atoms with Crippen LogP contribution in [-0.4, -0.2) is 23.6 Å². The summed E-state index contributed by atoms with van der Waals surface area (Å²) < 4.78 is 7.63. The molecular weight excluding hydrogens is 226 g/mol. The molecule has 3 rings (SSSR count). The molecule has 4 nitrogen and oxygen atoms in total. The number of benzene rings is 1. The first-order chi connectivity index (χ1) is 8.72. The van der Waals surface area contributed by atoms with Crippen LogP contribution in [0.5, 0.6) is 0 Å². The number of ether oxygens (including phenoxy) is 1. The van der Waals surface area contributed by atoms with Gasteiger partial charge in [0.1, 0.15) is 12.3 Å². The molecule has 0 spiro atoms. The van der Waals surface area contributed by atoms with Crippen molar-refractivity contribution in [3.63, 3.8) is 0 Å². The number of nitrogens with zero attached hydrogens (tertiary/aromatic N) is 3. The smallest absolute Gasteiger partial charge is 0.233 e. The fourth-order valence-electron chi connectivity index (χ4n) is 2.48. The molecular formula is C14H13N3O. The fraction of sp³-hybridized carbons (Fsp3) is 0.286. The molecule has 18 heavy (non-hydrogen) atoms. The summed E-state index contributed by atoms with van der Waals surface area (Å²) >= 11 is 0. The van der Waals surface area contributed by atoms with E-state index in [1.165, 1.54) is 0 Å². The van der Waals surface area contributed by atoms with Crippen molar-refractivity contribution in [2.45, 2.75) is 6.92 Å². The second-order valence-corrected chi connectivity index (χ2v) is 4.41. The quantitative estimate of drug-likeness (QED) is 0.765. The van der Waals surface area contributed by atoms with Gasteiger partial charge in [-0.15, -0.1) is 0 Å². The van der Waals surface area contributed by atoms with Gasteiger partial charge in [-0.05, 0) is 30.7 Å². The van der Waals surface area contributed by atoms with Crippen molar-refractivity contribution in [3.8, 4) is 6.07 Å². The Morgan fingerprint density at radius 2 is 2.28 bits per heavy atom. The summed E-state index contributed by atoms with van der Waals surface area (Å²) in [6.45, 7) is 3.42. The number of hydrogen-bond donors (Lipinski definition) is 0. The minimum Gasteiger partial charge on any atom is -0.474 e. The molecule has 0 bridgehead atoms. The third-order valence-corrected chi connectivity index (χ3v) is 3.37. The summed E-state index contributed by atoms with van der Waals surface area (Å²) in [5, 5.41) is 10.1. The van der Waals surface area contributed by atoms with Crippen LogP contribution in [0.2, 0.25) is 0 Å². The molecule has 0 atom stereocenters. The average molecular weight is 239 g/mol. The van der Waals surface area contributed by atoms with E-state index in [1.807, 2.05) is 32.2 Å². The van der Waals surface area contributed by atoms with Gasteiger partial charge in [0.2, 0.25) is 5.90 Å². The lowest BCUT2D eigenvalue weighted by atomic mass is 10.1. The molecule has 0 saturated carbocycles. The second kappa shape index (κ2) is 3.88. The van der Waals surface area contributed by atoms with E-state index in [4.69, 9.17) is 10.00 Å². The number of hydrogen-bond acceptors (Lipinski definition) is 3. The summed E-state index contributed by atoms with van der Waals surface area (Å²) in [7, 11) is 2.00. The Balaban J connectivity index is 2.31. The summed E-state index contributed by atoms with van der Waals surface area (Å²) in [4.78, 5) is 4.37. The van der Waals surface area contributed by atoms with Crippen molar-refractivity contribution in [1.82, 2.24) is 4.57 Å². The Morgan fingerprint density at radius 3 is 2.94 bits per heavy atom. The van der Waals surface area contributed by atoms with Gasteiger partial charge in [0.05, 0.1) is 18.2 Å². The molecule has 0 unspecified atom stereocenters. The van der Waals surface area contributed by atoms with Gasteiger partial charge >= 0.3 is 0 Å². The van der Waals surface area contributed by atoms with Gasteiger partial charge in [0.15, 0.2) is 0 Å². The maximum absolute atomic E-state index is 8.97. The molecule has 1 aliphatic heterocycles. The monoisotopic (exact) mass is 239 g/mol. The minimum atomic E-state index is 0.653. The number of rotatable bonds is 1. The van der Waals surface area contributed by atoms with Crippen molar-refractivity contribution < 1.29 is 4.74 Å². The molecule has 90 valence electrons. The maximum atomic E-state index is 8.97. The van der Waals surface area contributed by atoms with E-state index in [1.54, 1.807) is 0 Å². The van der Waals surface area contributed by atoms with Gasteiger partial charge in [-0.25, -0.2) is 4.99 Å². The Kier molecular flexibility index (Phi) is 2.34. The molecule has 0 aliphatic carbocycles. The van der Waals surface area contributed by atoms with Crippen LogP contribution in [-0.2, 0) is 11.8 Å². The van der Waals surface area contributed by atoms with Crippen molar-refractivity contribution in [3.05, 3.63) is 35.0 Å². The third kappa shape index (κ3) is 1.41. The van der Waals surface area contributed by atoms with Crippen LogP contribution < -0.4 is 0 Å².